The monoisotopic (exact) mass is 341 g/mol. The second kappa shape index (κ2) is 5.58. The second-order valence-electron chi connectivity index (χ2n) is 5.44. The Hall–Kier alpha value is -1.71. The van der Waals surface area contributed by atoms with Gasteiger partial charge in [0.1, 0.15) is 0 Å². The van der Waals surface area contributed by atoms with Gasteiger partial charge >= 0.3 is 0 Å². The first-order chi connectivity index (χ1) is 10.1. The summed E-state index contributed by atoms with van der Waals surface area (Å²) in [5.41, 5.74) is 2.06. The average Bonchev–Trinajstić information content (AvgIpc) is 2.48. The molecular formula is C18H16BrNO. The number of halogens is 1. The van der Waals surface area contributed by atoms with Gasteiger partial charge in [0.15, 0.2) is 0 Å². The van der Waals surface area contributed by atoms with E-state index in [4.69, 9.17) is 0 Å². The lowest BCUT2D eigenvalue weighted by molar-refractivity contribution is 0.0579. The first-order valence-electron chi connectivity index (χ1n) is 6.87. The normalized spacial score (nSPS) is 14.0. The van der Waals surface area contributed by atoms with E-state index < -0.39 is 5.60 Å². The maximum absolute atomic E-state index is 10.9. The predicted molar refractivity (Wildman–Crippen MR) is 89.2 cm³/mol. The van der Waals surface area contributed by atoms with Gasteiger partial charge in [0.05, 0.1) is 11.1 Å². The number of nitrogens with zero attached hydrogens (tertiary/aromatic N) is 1. The van der Waals surface area contributed by atoms with Crippen LogP contribution in [0.5, 0.6) is 0 Å². The molecular weight excluding hydrogens is 326 g/mol. The first kappa shape index (κ1) is 14.2. The van der Waals surface area contributed by atoms with Crippen LogP contribution < -0.4 is 0 Å². The van der Waals surface area contributed by atoms with Crippen molar-refractivity contribution in [3.05, 3.63) is 76.4 Å². The third-order valence-corrected chi connectivity index (χ3v) is 4.27. The van der Waals surface area contributed by atoms with Crippen molar-refractivity contribution in [2.24, 2.45) is 0 Å². The summed E-state index contributed by atoms with van der Waals surface area (Å²) in [5, 5.41) is 11.9. The van der Waals surface area contributed by atoms with Gasteiger partial charge in [0.2, 0.25) is 0 Å². The highest BCUT2D eigenvalue weighted by Crippen LogP contribution is 2.29. The number of hydrogen-bond donors (Lipinski definition) is 1. The van der Waals surface area contributed by atoms with Gasteiger partial charge in [0, 0.05) is 22.5 Å². The largest absolute Gasteiger partial charge is 0.385 e. The Morgan fingerprint density at radius 1 is 1.05 bits per heavy atom. The number of pyridine rings is 1. The van der Waals surface area contributed by atoms with Gasteiger partial charge in [-0.25, -0.2) is 0 Å². The zero-order chi connectivity index (χ0) is 14.9. The third-order valence-electron chi connectivity index (χ3n) is 3.74. The lowest BCUT2D eigenvalue weighted by Gasteiger charge is -2.24. The van der Waals surface area contributed by atoms with Crippen molar-refractivity contribution < 1.29 is 5.11 Å². The molecule has 0 radical (unpaired) electrons. The summed E-state index contributed by atoms with van der Waals surface area (Å²) in [4.78, 5) is 4.37. The fourth-order valence-corrected chi connectivity index (χ4v) is 2.86. The minimum Gasteiger partial charge on any atom is -0.385 e. The van der Waals surface area contributed by atoms with Crippen LogP contribution in [0.25, 0.3) is 10.9 Å². The Labute approximate surface area is 132 Å². The summed E-state index contributed by atoms with van der Waals surface area (Å²) in [6, 6.07) is 17.8. The van der Waals surface area contributed by atoms with Crippen LogP contribution in [-0.2, 0) is 12.0 Å². The number of para-hydroxylation sites is 1. The van der Waals surface area contributed by atoms with Crippen LogP contribution in [0.2, 0.25) is 0 Å². The number of benzene rings is 2. The number of fused-ring (bicyclic) bond motifs is 1. The maximum atomic E-state index is 10.9. The van der Waals surface area contributed by atoms with Crippen molar-refractivity contribution in [1.82, 2.24) is 4.98 Å². The molecule has 0 fully saturated rings. The smallest absolute Gasteiger partial charge is 0.0908 e. The molecule has 0 aliphatic carbocycles. The predicted octanol–water partition coefficient (Wildman–Crippen LogP) is 4.45. The molecule has 0 spiro atoms. The van der Waals surface area contributed by atoms with Crippen LogP contribution in [0.15, 0.2) is 65.3 Å². The zero-order valence-electron chi connectivity index (χ0n) is 11.8. The second-order valence-corrected chi connectivity index (χ2v) is 6.36. The molecule has 0 bridgehead atoms. The Bertz CT molecular complexity index is 760. The van der Waals surface area contributed by atoms with E-state index in [0.29, 0.717) is 6.42 Å². The van der Waals surface area contributed by atoms with Crippen LogP contribution in [0, 0.1) is 0 Å². The lowest BCUT2D eigenvalue weighted by Crippen LogP contribution is -2.24. The number of rotatable bonds is 3. The van der Waals surface area contributed by atoms with Crippen molar-refractivity contribution in [2.75, 3.05) is 0 Å². The Balaban J connectivity index is 1.99. The quantitative estimate of drug-likeness (QED) is 0.763. The molecule has 1 heterocycles. The molecule has 106 valence electrons. The molecule has 2 nitrogen and oxygen atoms in total. The van der Waals surface area contributed by atoms with Gasteiger partial charge in [-0.3, -0.25) is 4.98 Å². The van der Waals surface area contributed by atoms with E-state index in [1.54, 1.807) is 6.20 Å². The molecule has 0 amide bonds. The zero-order valence-corrected chi connectivity index (χ0v) is 13.3. The molecule has 1 atom stereocenters. The molecule has 1 N–H and O–H groups in total. The highest BCUT2D eigenvalue weighted by molar-refractivity contribution is 9.10. The van der Waals surface area contributed by atoms with E-state index in [1.807, 2.05) is 55.5 Å². The number of aliphatic hydroxyl groups is 1. The fourth-order valence-electron chi connectivity index (χ4n) is 2.59. The van der Waals surface area contributed by atoms with Crippen molar-refractivity contribution >= 4 is 26.8 Å². The van der Waals surface area contributed by atoms with Crippen molar-refractivity contribution in [2.45, 2.75) is 18.9 Å². The van der Waals surface area contributed by atoms with E-state index in [-0.39, 0.29) is 0 Å². The molecule has 21 heavy (non-hydrogen) atoms. The molecule has 3 heteroatoms. The molecule has 1 aromatic heterocycles. The molecule has 0 saturated carbocycles. The molecule has 0 saturated heterocycles. The SMILES string of the molecule is CC(O)(Cc1ccnc2ccccc12)c1ccc(Br)cc1. The van der Waals surface area contributed by atoms with Gasteiger partial charge in [-0.1, -0.05) is 46.3 Å². The minimum absolute atomic E-state index is 0.553. The number of hydrogen-bond acceptors (Lipinski definition) is 2. The van der Waals surface area contributed by atoms with Crippen molar-refractivity contribution in [1.29, 1.82) is 0 Å². The fraction of sp³-hybridized carbons (Fsp3) is 0.167. The summed E-state index contributed by atoms with van der Waals surface area (Å²) in [6.07, 6.45) is 2.35. The standard InChI is InChI=1S/C18H16BrNO/c1-18(21,14-6-8-15(19)9-7-14)12-13-10-11-20-17-5-3-2-4-16(13)17/h2-11,21H,12H2,1H3. The first-order valence-corrected chi connectivity index (χ1v) is 7.67. The van der Waals surface area contributed by atoms with Crippen LogP contribution >= 0.6 is 15.9 Å². The van der Waals surface area contributed by atoms with Crippen LogP contribution in [-0.4, -0.2) is 10.1 Å². The topological polar surface area (TPSA) is 33.1 Å². The lowest BCUT2D eigenvalue weighted by atomic mass is 9.88. The highest BCUT2D eigenvalue weighted by Gasteiger charge is 2.24. The summed E-state index contributed by atoms with van der Waals surface area (Å²) in [7, 11) is 0. The third kappa shape index (κ3) is 2.99. The maximum Gasteiger partial charge on any atom is 0.0908 e. The summed E-state index contributed by atoms with van der Waals surface area (Å²) >= 11 is 3.42. The van der Waals surface area contributed by atoms with Gasteiger partial charge in [0.25, 0.3) is 0 Å². The number of aromatic nitrogens is 1. The molecule has 3 rings (SSSR count). The van der Waals surface area contributed by atoms with Crippen LogP contribution in [0.3, 0.4) is 0 Å². The van der Waals surface area contributed by atoms with Gasteiger partial charge in [-0.05, 0) is 42.3 Å². The van der Waals surface area contributed by atoms with Gasteiger partial charge in [-0.15, -0.1) is 0 Å². The Morgan fingerprint density at radius 3 is 2.52 bits per heavy atom. The average molecular weight is 342 g/mol. The molecule has 2 aromatic carbocycles. The van der Waals surface area contributed by atoms with Gasteiger partial charge in [-0.2, -0.15) is 0 Å². The van der Waals surface area contributed by atoms with E-state index >= 15 is 0 Å². The van der Waals surface area contributed by atoms with E-state index in [1.165, 1.54) is 0 Å². The molecule has 3 aromatic rings. The van der Waals surface area contributed by atoms with E-state index in [0.717, 1.165) is 26.5 Å². The summed E-state index contributed by atoms with van der Waals surface area (Å²) in [5.74, 6) is 0. The van der Waals surface area contributed by atoms with E-state index in [9.17, 15) is 5.11 Å². The van der Waals surface area contributed by atoms with Gasteiger partial charge < -0.3 is 5.11 Å². The summed E-state index contributed by atoms with van der Waals surface area (Å²) in [6.45, 7) is 1.85. The van der Waals surface area contributed by atoms with E-state index in [2.05, 4.69) is 27.0 Å². The minimum atomic E-state index is -0.912. The highest BCUT2D eigenvalue weighted by atomic mass is 79.9. The Morgan fingerprint density at radius 2 is 1.76 bits per heavy atom. The molecule has 0 aliphatic rings. The molecule has 0 aliphatic heterocycles. The molecule has 1 unspecified atom stereocenters. The summed E-state index contributed by atoms with van der Waals surface area (Å²) < 4.78 is 1.01. The van der Waals surface area contributed by atoms with Crippen LogP contribution in [0.4, 0.5) is 0 Å². The van der Waals surface area contributed by atoms with Crippen LogP contribution in [0.1, 0.15) is 18.1 Å². The Kier molecular flexibility index (Phi) is 3.79. The van der Waals surface area contributed by atoms with Crippen molar-refractivity contribution in [3.63, 3.8) is 0 Å². The van der Waals surface area contributed by atoms with Crippen molar-refractivity contribution in [3.8, 4) is 0 Å².